The predicted octanol–water partition coefficient (Wildman–Crippen LogP) is 2.84. The molecule has 2 N–H and O–H groups in total. The topological polar surface area (TPSA) is 58.6 Å². The fraction of sp³-hybridized carbons (Fsp3) is 0.923. The fourth-order valence-corrected chi connectivity index (χ4v) is 1.53. The lowest BCUT2D eigenvalue weighted by molar-refractivity contribution is 0.0518. The molecule has 17 heavy (non-hydrogen) atoms. The molecule has 1 rings (SSSR count). The van der Waals surface area contributed by atoms with Crippen LogP contribution in [0, 0.1) is 0 Å². The maximum atomic E-state index is 10.8. The molecule has 4 heteroatoms. The zero-order valence-corrected chi connectivity index (χ0v) is 11.4. The molecule has 4 nitrogen and oxygen atoms in total. The number of rotatable bonds is 2. The Balaban J connectivity index is 0.000000354. The Morgan fingerprint density at radius 1 is 1.12 bits per heavy atom. The van der Waals surface area contributed by atoms with Crippen molar-refractivity contribution in [3.8, 4) is 0 Å². The second kappa shape index (κ2) is 9.28. The van der Waals surface area contributed by atoms with Gasteiger partial charge in [-0.15, -0.1) is 0 Å². The number of hydrogen-bond acceptors (Lipinski definition) is 3. The number of nitrogens with one attached hydrogen (secondary N) is 1. The van der Waals surface area contributed by atoms with E-state index in [1.807, 2.05) is 0 Å². The summed E-state index contributed by atoms with van der Waals surface area (Å²) in [6, 6.07) is 0. The van der Waals surface area contributed by atoms with Crippen LogP contribution in [0.3, 0.4) is 0 Å². The van der Waals surface area contributed by atoms with E-state index in [1.54, 1.807) is 20.8 Å². The summed E-state index contributed by atoms with van der Waals surface area (Å²) in [5.41, 5.74) is -0.473. The highest BCUT2D eigenvalue weighted by molar-refractivity contribution is 5.67. The van der Waals surface area contributed by atoms with Gasteiger partial charge in [-0.3, -0.25) is 0 Å². The molecular formula is C13H27NO3. The first-order chi connectivity index (χ1) is 7.95. The molecule has 1 fully saturated rings. The number of carbonyl (C=O) groups excluding carboxylic acids is 1. The second-order valence-electron chi connectivity index (χ2n) is 5.27. The van der Waals surface area contributed by atoms with Gasteiger partial charge in [0.05, 0.1) is 6.61 Å². The minimum absolute atomic E-state index is 0.0702. The van der Waals surface area contributed by atoms with Crippen LogP contribution in [-0.2, 0) is 4.74 Å². The minimum atomic E-state index is -0.494. The molecule has 0 atom stereocenters. The number of aliphatic hydroxyl groups is 1. The van der Waals surface area contributed by atoms with E-state index < -0.39 is 11.7 Å². The highest BCUT2D eigenvalue weighted by Gasteiger charge is 2.14. The van der Waals surface area contributed by atoms with Crippen molar-refractivity contribution in [1.82, 2.24) is 5.32 Å². The summed E-state index contributed by atoms with van der Waals surface area (Å²) in [4.78, 5) is 10.8. The van der Waals surface area contributed by atoms with Crippen LogP contribution < -0.4 is 5.32 Å². The average Bonchev–Trinajstić information content (AvgIpc) is 2.27. The molecule has 0 unspecified atom stereocenters. The molecule has 1 saturated carbocycles. The van der Waals surface area contributed by atoms with Gasteiger partial charge in [-0.2, -0.15) is 0 Å². The lowest BCUT2D eigenvalue weighted by Gasteiger charge is -2.19. The van der Waals surface area contributed by atoms with Crippen LogP contribution in [0.1, 0.15) is 59.3 Å². The Labute approximate surface area is 105 Å². The van der Waals surface area contributed by atoms with Gasteiger partial charge in [0, 0.05) is 6.54 Å². The Morgan fingerprint density at radius 2 is 1.53 bits per heavy atom. The zero-order valence-electron chi connectivity index (χ0n) is 11.4. The molecule has 1 aliphatic rings. The molecule has 0 aromatic carbocycles. The molecule has 0 saturated heterocycles. The van der Waals surface area contributed by atoms with Crippen molar-refractivity contribution < 1.29 is 14.6 Å². The summed E-state index contributed by atoms with van der Waals surface area (Å²) < 4.78 is 4.88. The minimum Gasteiger partial charge on any atom is -0.444 e. The van der Waals surface area contributed by atoms with Crippen LogP contribution in [0.4, 0.5) is 4.79 Å². The highest BCUT2D eigenvalue weighted by Crippen LogP contribution is 2.15. The molecule has 102 valence electrons. The van der Waals surface area contributed by atoms with Gasteiger partial charge in [-0.05, 0) is 20.8 Å². The van der Waals surface area contributed by atoms with Crippen molar-refractivity contribution in [2.24, 2.45) is 0 Å². The van der Waals surface area contributed by atoms with Crippen molar-refractivity contribution in [3.05, 3.63) is 0 Å². The van der Waals surface area contributed by atoms with Crippen molar-refractivity contribution >= 4 is 6.09 Å². The molecule has 0 aliphatic heterocycles. The molecule has 0 aromatic rings. The highest BCUT2D eigenvalue weighted by atomic mass is 16.6. The van der Waals surface area contributed by atoms with E-state index in [1.165, 1.54) is 38.5 Å². The van der Waals surface area contributed by atoms with Gasteiger partial charge in [0.25, 0.3) is 0 Å². The molecule has 0 spiro atoms. The monoisotopic (exact) mass is 245 g/mol. The van der Waals surface area contributed by atoms with Crippen LogP contribution in [0.15, 0.2) is 0 Å². The standard InChI is InChI=1S/C7H15NO3.C6H12/c1-7(2,3)11-6(10)8-4-5-9;1-2-4-6-5-3-1/h9H,4-5H2,1-3H3,(H,8,10);1-6H2. The largest absolute Gasteiger partial charge is 0.444 e. The van der Waals surface area contributed by atoms with Crippen LogP contribution in [0.25, 0.3) is 0 Å². The van der Waals surface area contributed by atoms with Gasteiger partial charge >= 0.3 is 6.09 Å². The second-order valence-corrected chi connectivity index (χ2v) is 5.27. The Hall–Kier alpha value is -0.770. The fourth-order valence-electron chi connectivity index (χ4n) is 1.53. The van der Waals surface area contributed by atoms with Crippen molar-refractivity contribution in [1.29, 1.82) is 0 Å². The smallest absolute Gasteiger partial charge is 0.407 e. The third kappa shape index (κ3) is 13.2. The van der Waals surface area contributed by atoms with E-state index in [0.29, 0.717) is 0 Å². The van der Waals surface area contributed by atoms with Gasteiger partial charge in [-0.25, -0.2) is 4.79 Å². The normalized spacial score (nSPS) is 15.5. The van der Waals surface area contributed by atoms with Gasteiger partial charge in [0.15, 0.2) is 0 Å². The van der Waals surface area contributed by atoms with Crippen molar-refractivity contribution in [2.75, 3.05) is 13.2 Å². The zero-order chi connectivity index (χ0) is 13.1. The quantitative estimate of drug-likeness (QED) is 0.786. The molecular weight excluding hydrogens is 218 g/mol. The summed E-state index contributed by atoms with van der Waals surface area (Å²) >= 11 is 0. The van der Waals surface area contributed by atoms with E-state index in [4.69, 9.17) is 9.84 Å². The third-order valence-electron chi connectivity index (χ3n) is 2.28. The lowest BCUT2D eigenvalue weighted by atomic mass is 10.0. The number of ether oxygens (including phenoxy) is 1. The molecule has 0 heterocycles. The lowest BCUT2D eigenvalue weighted by Crippen LogP contribution is -2.33. The molecule has 0 radical (unpaired) electrons. The summed E-state index contributed by atoms with van der Waals surface area (Å²) in [6.45, 7) is 5.51. The van der Waals surface area contributed by atoms with Crippen LogP contribution in [-0.4, -0.2) is 30.0 Å². The summed E-state index contributed by atoms with van der Waals surface area (Å²) in [5.74, 6) is 0. The van der Waals surface area contributed by atoms with Gasteiger partial charge < -0.3 is 15.2 Å². The van der Waals surface area contributed by atoms with Crippen molar-refractivity contribution in [2.45, 2.75) is 64.9 Å². The van der Waals surface area contributed by atoms with Crippen molar-refractivity contribution in [3.63, 3.8) is 0 Å². The summed E-state index contributed by atoms with van der Waals surface area (Å²) in [7, 11) is 0. The third-order valence-corrected chi connectivity index (χ3v) is 2.28. The number of amides is 1. The first-order valence-corrected chi connectivity index (χ1v) is 6.53. The maximum Gasteiger partial charge on any atom is 0.407 e. The summed E-state index contributed by atoms with van der Waals surface area (Å²) in [6.07, 6.45) is 8.51. The van der Waals surface area contributed by atoms with E-state index >= 15 is 0 Å². The Bertz CT molecular complexity index is 184. The number of aliphatic hydroxyl groups excluding tert-OH is 1. The van der Waals surface area contributed by atoms with Gasteiger partial charge in [0.2, 0.25) is 0 Å². The molecule has 1 aliphatic carbocycles. The number of hydrogen-bond donors (Lipinski definition) is 2. The first kappa shape index (κ1) is 16.2. The first-order valence-electron chi connectivity index (χ1n) is 6.53. The van der Waals surface area contributed by atoms with E-state index in [0.717, 1.165) is 0 Å². The van der Waals surface area contributed by atoms with E-state index in [2.05, 4.69) is 5.32 Å². The molecule has 1 amide bonds. The van der Waals surface area contributed by atoms with Gasteiger partial charge in [0.1, 0.15) is 5.60 Å². The summed E-state index contributed by atoms with van der Waals surface area (Å²) in [5, 5.41) is 10.7. The average molecular weight is 245 g/mol. The number of carbonyl (C=O) groups is 1. The van der Waals surface area contributed by atoms with Crippen LogP contribution in [0.2, 0.25) is 0 Å². The SMILES string of the molecule is C1CCCCC1.CC(C)(C)OC(=O)NCCO. The maximum absolute atomic E-state index is 10.8. The van der Waals surface area contributed by atoms with E-state index in [9.17, 15) is 4.79 Å². The number of alkyl carbamates (subject to hydrolysis) is 1. The van der Waals surface area contributed by atoms with Crippen LogP contribution >= 0.6 is 0 Å². The van der Waals surface area contributed by atoms with Gasteiger partial charge in [-0.1, -0.05) is 38.5 Å². The molecule has 0 aromatic heterocycles. The predicted molar refractivity (Wildman–Crippen MR) is 69.0 cm³/mol. The van der Waals surface area contributed by atoms with E-state index in [-0.39, 0.29) is 13.2 Å². The Kier molecular flexibility index (Phi) is 8.86. The molecule has 0 bridgehead atoms. The van der Waals surface area contributed by atoms with Crippen LogP contribution in [0.5, 0.6) is 0 Å². The Morgan fingerprint density at radius 3 is 1.82 bits per heavy atom.